The van der Waals surface area contributed by atoms with Gasteiger partial charge in [-0.15, -0.1) is 35.3 Å². The van der Waals surface area contributed by atoms with E-state index < -0.39 is 0 Å². The van der Waals surface area contributed by atoms with Gasteiger partial charge in [0.05, 0.1) is 17.2 Å². The van der Waals surface area contributed by atoms with E-state index in [0.29, 0.717) is 13.2 Å². The Morgan fingerprint density at radius 2 is 1.96 bits per heavy atom. The van der Waals surface area contributed by atoms with Gasteiger partial charge in [-0.05, 0) is 38.5 Å². The van der Waals surface area contributed by atoms with Gasteiger partial charge < -0.3 is 15.4 Å². The number of thiazole rings is 1. The Hall–Kier alpha value is -1.35. The van der Waals surface area contributed by atoms with E-state index >= 15 is 0 Å². The highest BCUT2D eigenvalue weighted by Crippen LogP contribution is 2.16. The van der Waals surface area contributed by atoms with E-state index in [1.165, 1.54) is 10.4 Å². The molecule has 25 heavy (non-hydrogen) atoms. The molecule has 0 amide bonds. The van der Waals surface area contributed by atoms with Crippen LogP contribution < -0.4 is 15.4 Å². The molecule has 0 aliphatic heterocycles. The molecular formula is C18H27IN4OS. The first-order valence-electron chi connectivity index (χ1n) is 8.15. The van der Waals surface area contributed by atoms with Crippen LogP contribution in [0.4, 0.5) is 0 Å². The number of guanidine groups is 1. The summed E-state index contributed by atoms with van der Waals surface area (Å²) in [6.45, 7) is 8.32. The second-order valence-corrected chi connectivity index (χ2v) is 6.88. The Labute approximate surface area is 171 Å². The van der Waals surface area contributed by atoms with E-state index in [-0.39, 0.29) is 24.0 Å². The molecule has 0 aliphatic rings. The van der Waals surface area contributed by atoms with E-state index in [2.05, 4.69) is 47.4 Å². The maximum atomic E-state index is 5.72. The SMILES string of the molecule is CN=C(NCCOc1cccc(C)c1)NCCc1nc(C)c(C)s1.I. The van der Waals surface area contributed by atoms with Crippen LogP contribution in [0.25, 0.3) is 0 Å². The van der Waals surface area contributed by atoms with E-state index in [4.69, 9.17) is 4.74 Å². The topological polar surface area (TPSA) is 58.5 Å². The maximum absolute atomic E-state index is 5.72. The van der Waals surface area contributed by atoms with Crippen LogP contribution in [0, 0.1) is 20.8 Å². The summed E-state index contributed by atoms with van der Waals surface area (Å²) >= 11 is 1.76. The van der Waals surface area contributed by atoms with Gasteiger partial charge in [0.2, 0.25) is 0 Å². The molecule has 1 aromatic carbocycles. The van der Waals surface area contributed by atoms with Crippen molar-refractivity contribution < 1.29 is 4.74 Å². The Balaban J connectivity index is 0.00000312. The highest BCUT2D eigenvalue weighted by Gasteiger charge is 2.04. The maximum Gasteiger partial charge on any atom is 0.191 e. The Morgan fingerprint density at radius 1 is 1.20 bits per heavy atom. The number of aliphatic imine (C=N–C) groups is 1. The monoisotopic (exact) mass is 474 g/mol. The number of hydrogen-bond donors (Lipinski definition) is 2. The number of nitrogens with one attached hydrogen (secondary N) is 2. The van der Waals surface area contributed by atoms with Gasteiger partial charge in [-0.1, -0.05) is 12.1 Å². The molecule has 0 spiro atoms. The van der Waals surface area contributed by atoms with Gasteiger partial charge in [0.25, 0.3) is 0 Å². The fourth-order valence-corrected chi connectivity index (χ4v) is 3.13. The lowest BCUT2D eigenvalue weighted by Gasteiger charge is -2.12. The highest BCUT2D eigenvalue weighted by atomic mass is 127. The lowest BCUT2D eigenvalue weighted by molar-refractivity contribution is 0.321. The fraction of sp³-hybridized carbons (Fsp3) is 0.444. The van der Waals surface area contributed by atoms with Gasteiger partial charge in [0.1, 0.15) is 12.4 Å². The molecule has 0 saturated carbocycles. The van der Waals surface area contributed by atoms with Crippen LogP contribution in [-0.4, -0.2) is 37.7 Å². The molecule has 2 N–H and O–H groups in total. The molecule has 0 bridgehead atoms. The molecule has 0 unspecified atom stereocenters. The van der Waals surface area contributed by atoms with Gasteiger partial charge in [-0.2, -0.15) is 0 Å². The van der Waals surface area contributed by atoms with Crippen molar-refractivity contribution in [1.29, 1.82) is 0 Å². The molecule has 1 heterocycles. The number of aryl methyl sites for hydroxylation is 3. The van der Waals surface area contributed by atoms with Crippen LogP contribution in [0.5, 0.6) is 5.75 Å². The summed E-state index contributed by atoms with van der Waals surface area (Å²) in [7, 11) is 1.77. The largest absolute Gasteiger partial charge is 0.492 e. The zero-order valence-electron chi connectivity index (χ0n) is 15.3. The zero-order valence-corrected chi connectivity index (χ0v) is 18.4. The molecule has 7 heteroatoms. The first-order chi connectivity index (χ1) is 11.6. The van der Waals surface area contributed by atoms with Crippen molar-refractivity contribution in [3.05, 3.63) is 45.4 Å². The van der Waals surface area contributed by atoms with Crippen molar-refractivity contribution in [2.75, 3.05) is 26.7 Å². The van der Waals surface area contributed by atoms with E-state index in [1.807, 2.05) is 18.2 Å². The van der Waals surface area contributed by atoms with Crippen LogP contribution in [0.2, 0.25) is 0 Å². The third-order valence-corrected chi connectivity index (χ3v) is 4.71. The van der Waals surface area contributed by atoms with Crippen molar-refractivity contribution in [1.82, 2.24) is 15.6 Å². The van der Waals surface area contributed by atoms with Crippen molar-refractivity contribution >= 4 is 41.3 Å². The first-order valence-corrected chi connectivity index (χ1v) is 8.97. The van der Waals surface area contributed by atoms with Crippen molar-refractivity contribution in [3.63, 3.8) is 0 Å². The quantitative estimate of drug-likeness (QED) is 0.279. The van der Waals surface area contributed by atoms with Gasteiger partial charge in [-0.25, -0.2) is 4.98 Å². The third-order valence-electron chi connectivity index (χ3n) is 3.58. The lowest BCUT2D eigenvalue weighted by atomic mass is 10.2. The summed E-state index contributed by atoms with van der Waals surface area (Å²) in [4.78, 5) is 10.1. The molecule has 0 saturated heterocycles. The Kier molecular flexibility index (Phi) is 9.81. The first kappa shape index (κ1) is 21.7. The fourth-order valence-electron chi connectivity index (χ4n) is 2.20. The number of benzene rings is 1. The third kappa shape index (κ3) is 7.60. The normalized spacial score (nSPS) is 11.0. The predicted octanol–water partition coefficient (Wildman–Crippen LogP) is 3.47. The van der Waals surface area contributed by atoms with Gasteiger partial charge in [0.15, 0.2) is 5.96 Å². The van der Waals surface area contributed by atoms with E-state index in [0.717, 1.165) is 35.4 Å². The number of halogens is 1. The Morgan fingerprint density at radius 3 is 2.60 bits per heavy atom. The second kappa shape index (κ2) is 11.3. The molecule has 0 fully saturated rings. The molecule has 2 rings (SSSR count). The Bertz CT molecular complexity index is 668. The van der Waals surface area contributed by atoms with Crippen molar-refractivity contribution in [3.8, 4) is 5.75 Å². The van der Waals surface area contributed by atoms with Gasteiger partial charge >= 0.3 is 0 Å². The molecule has 2 aromatic rings. The molecule has 1 aromatic heterocycles. The minimum absolute atomic E-state index is 0. The smallest absolute Gasteiger partial charge is 0.191 e. The van der Waals surface area contributed by atoms with Crippen LogP contribution in [0.1, 0.15) is 21.1 Å². The van der Waals surface area contributed by atoms with Gasteiger partial charge in [0, 0.05) is 24.9 Å². The van der Waals surface area contributed by atoms with Gasteiger partial charge in [-0.3, -0.25) is 4.99 Å². The highest BCUT2D eigenvalue weighted by molar-refractivity contribution is 14.0. The number of nitrogens with zero attached hydrogens (tertiary/aromatic N) is 2. The summed E-state index contributed by atoms with van der Waals surface area (Å²) in [6.07, 6.45) is 0.903. The van der Waals surface area contributed by atoms with Crippen LogP contribution in [-0.2, 0) is 6.42 Å². The minimum Gasteiger partial charge on any atom is -0.492 e. The molecule has 0 atom stereocenters. The van der Waals surface area contributed by atoms with Crippen LogP contribution >= 0.6 is 35.3 Å². The molecular weight excluding hydrogens is 447 g/mol. The van der Waals surface area contributed by atoms with E-state index in [9.17, 15) is 0 Å². The summed E-state index contributed by atoms with van der Waals surface area (Å²) in [5, 5.41) is 7.72. The molecule has 5 nitrogen and oxygen atoms in total. The number of aromatic nitrogens is 1. The predicted molar refractivity (Wildman–Crippen MR) is 117 cm³/mol. The molecule has 138 valence electrons. The molecule has 0 aliphatic carbocycles. The molecule has 0 radical (unpaired) electrons. The summed E-state index contributed by atoms with van der Waals surface area (Å²) in [6, 6.07) is 8.06. The summed E-state index contributed by atoms with van der Waals surface area (Å²) < 4.78 is 5.72. The average Bonchev–Trinajstić information content (AvgIpc) is 2.88. The average molecular weight is 474 g/mol. The van der Waals surface area contributed by atoms with Crippen LogP contribution in [0.3, 0.4) is 0 Å². The number of ether oxygens (including phenoxy) is 1. The second-order valence-electron chi connectivity index (χ2n) is 5.59. The minimum atomic E-state index is 0. The summed E-state index contributed by atoms with van der Waals surface area (Å²) in [5.41, 5.74) is 2.33. The standard InChI is InChI=1S/C18H26N4OS.HI/c1-13-6-5-7-16(12-13)23-11-10-21-18(19-4)20-9-8-17-22-14(2)15(3)24-17;/h5-7,12H,8-11H2,1-4H3,(H2,19,20,21);1H. The zero-order chi connectivity index (χ0) is 17.4. The number of rotatable bonds is 7. The van der Waals surface area contributed by atoms with E-state index in [1.54, 1.807) is 18.4 Å². The summed E-state index contributed by atoms with van der Waals surface area (Å²) in [5.74, 6) is 1.68. The number of hydrogen-bond acceptors (Lipinski definition) is 4. The van der Waals surface area contributed by atoms with Crippen molar-refractivity contribution in [2.45, 2.75) is 27.2 Å². The van der Waals surface area contributed by atoms with Crippen molar-refractivity contribution in [2.24, 2.45) is 4.99 Å². The van der Waals surface area contributed by atoms with Crippen LogP contribution in [0.15, 0.2) is 29.3 Å². The lowest BCUT2D eigenvalue weighted by Crippen LogP contribution is -2.40.